The van der Waals surface area contributed by atoms with Gasteiger partial charge in [-0.05, 0) is 48.5 Å². The van der Waals surface area contributed by atoms with Gasteiger partial charge in [0, 0.05) is 28.6 Å². The summed E-state index contributed by atoms with van der Waals surface area (Å²) in [4.78, 5) is 0. The lowest BCUT2D eigenvalue weighted by Gasteiger charge is -2.06. The number of anilines is 2. The van der Waals surface area contributed by atoms with Gasteiger partial charge in [0.05, 0.1) is 5.52 Å². The van der Waals surface area contributed by atoms with Gasteiger partial charge in [0.2, 0.25) is 0 Å². The third kappa shape index (κ3) is 1.61. The molecule has 17 heavy (non-hydrogen) atoms. The van der Waals surface area contributed by atoms with E-state index in [-0.39, 0.29) is 0 Å². The van der Waals surface area contributed by atoms with E-state index in [9.17, 15) is 0 Å². The Morgan fingerprint density at radius 1 is 0.765 bits per heavy atom. The van der Waals surface area contributed by atoms with E-state index in [1.54, 1.807) is 0 Å². The highest BCUT2D eigenvalue weighted by molar-refractivity contribution is 5.84. The summed E-state index contributed by atoms with van der Waals surface area (Å²) in [5.41, 5.74) is 15.2. The molecule has 0 aliphatic carbocycles. The monoisotopic (exact) mass is 223 g/mol. The SMILES string of the molecule is Nc1ccc(-n2ccc3cc(N)ccc32)cc1. The van der Waals surface area contributed by atoms with Crippen LogP contribution < -0.4 is 11.5 Å². The predicted octanol–water partition coefficient (Wildman–Crippen LogP) is 2.79. The molecule has 0 amide bonds. The second-order valence-corrected chi connectivity index (χ2v) is 4.10. The molecule has 0 radical (unpaired) electrons. The number of rotatable bonds is 1. The molecule has 3 nitrogen and oxygen atoms in total. The average molecular weight is 223 g/mol. The molecule has 0 spiro atoms. The minimum Gasteiger partial charge on any atom is -0.399 e. The summed E-state index contributed by atoms with van der Waals surface area (Å²) in [7, 11) is 0. The van der Waals surface area contributed by atoms with Gasteiger partial charge >= 0.3 is 0 Å². The maximum atomic E-state index is 5.77. The highest BCUT2D eigenvalue weighted by atomic mass is 15.0. The lowest BCUT2D eigenvalue weighted by molar-refractivity contribution is 1.13. The lowest BCUT2D eigenvalue weighted by atomic mass is 10.2. The zero-order valence-corrected chi connectivity index (χ0v) is 9.30. The van der Waals surface area contributed by atoms with Gasteiger partial charge < -0.3 is 16.0 Å². The van der Waals surface area contributed by atoms with Gasteiger partial charge in [-0.3, -0.25) is 0 Å². The molecule has 0 saturated heterocycles. The molecular formula is C14H13N3. The van der Waals surface area contributed by atoms with Crippen LogP contribution in [0, 0.1) is 0 Å². The van der Waals surface area contributed by atoms with Crippen molar-refractivity contribution in [1.29, 1.82) is 0 Å². The van der Waals surface area contributed by atoms with E-state index in [1.807, 2.05) is 48.7 Å². The minimum atomic E-state index is 0.773. The minimum absolute atomic E-state index is 0.773. The molecular weight excluding hydrogens is 210 g/mol. The first-order valence-electron chi connectivity index (χ1n) is 5.46. The molecule has 84 valence electrons. The van der Waals surface area contributed by atoms with Crippen molar-refractivity contribution in [2.75, 3.05) is 11.5 Å². The molecule has 0 atom stereocenters. The largest absolute Gasteiger partial charge is 0.399 e. The van der Waals surface area contributed by atoms with Gasteiger partial charge in [-0.15, -0.1) is 0 Å². The van der Waals surface area contributed by atoms with Crippen LogP contribution in [-0.2, 0) is 0 Å². The number of nitrogens with zero attached hydrogens (tertiary/aromatic N) is 1. The fraction of sp³-hybridized carbons (Fsp3) is 0. The zero-order chi connectivity index (χ0) is 11.8. The van der Waals surface area contributed by atoms with Crippen LogP contribution in [0.5, 0.6) is 0 Å². The normalized spacial score (nSPS) is 10.8. The van der Waals surface area contributed by atoms with E-state index >= 15 is 0 Å². The highest BCUT2D eigenvalue weighted by Gasteiger charge is 2.02. The number of aromatic nitrogens is 1. The molecule has 0 unspecified atom stereocenters. The third-order valence-corrected chi connectivity index (χ3v) is 2.89. The van der Waals surface area contributed by atoms with Crippen molar-refractivity contribution in [3.63, 3.8) is 0 Å². The van der Waals surface area contributed by atoms with Gasteiger partial charge in [0.1, 0.15) is 0 Å². The Labute approximate surface area is 99.3 Å². The van der Waals surface area contributed by atoms with Gasteiger partial charge in [-0.2, -0.15) is 0 Å². The molecule has 3 rings (SSSR count). The smallest absolute Gasteiger partial charge is 0.0529 e. The molecule has 0 saturated carbocycles. The standard InChI is InChI=1S/C14H13N3/c15-11-1-4-13(5-2-11)17-8-7-10-9-12(16)3-6-14(10)17/h1-9H,15-16H2. The van der Waals surface area contributed by atoms with Crippen LogP contribution in [-0.4, -0.2) is 4.57 Å². The first-order chi connectivity index (χ1) is 8.24. The van der Waals surface area contributed by atoms with E-state index in [2.05, 4.69) is 10.6 Å². The molecule has 0 aliphatic rings. The van der Waals surface area contributed by atoms with E-state index in [0.29, 0.717) is 0 Å². The van der Waals surface area contributed by atoms with Crippen molar-refractivity contribution in [3.8, 4) is 5.69 Å². The summed E-state index contributed by atoms with van der Waals surface area (Å²) in [6.45, 7) is 0. The first kappa shape index (κ1) is 9.78. The second kappa shape index (κ2) is 3.56. The van der Waals surface area contributed by atoms with E-state index in [1.165, 1.54) is 0 Å². The van der Waals surface area contributed by atoms with Crippen LogP contribution in [0.15, 0.2) is 54.7 Å². The quantitative estimate of drug-likeness (QED) is 0.623. The van der Waals surface area contributed by atoms with Crippen LogP contribution in [0.1, 0.15) is 0 Å². The molecule has 0 bridgehead atoms. The average Bonchev–Trinajstić information content (AvgIpc) is 2.73. The van der Waals surface area contributed by atoms with Gasteiger partial charge in [0.25, 0.3) is 0 Å². The van der Waals surface area contributed by atoms with E-state index < -0.39 is 0 Å². The molecule has 0 fully saturated rings. The summed E-state index contributed by atoms with van der Waals surface area (Å²) in [5.74, 6) is 0. The number of fused-ring (bicyclic) bond motifs is 1. The highest BCUT2D eigenvalue weighted by Crippen LogP contribution is 2.22. The fourth-order valence-corrected chi connectivity index (χ4v) is 2.02. The molecule has 3 heteroatoms. The van der Waals surface area contributed by atoms with Crippen LogP contribution in [0.4, 0.5) is 11.4 Å². The number of benzene rings is 2. The first-order valence-corrected chi connectivity index (χ1v) is 5.46. The summed E-state index contributed by atoms with van der Waals surface area (Å²) in [5, 5.41) is 1.14. The summed E-state index contributed by atoms with van der Waals surface area (Å²) >= 11 is 0. The number of hydrogen-bond acceptors (Lipinski definition) is 2. The Morgan fingerprint density at radius 2 is 1.47 bits per heavy atom. The Kier molecular flexibility index (Phi) is 2.05. The Bertz CT molecular complexity index is 666. The predicted molar refractivity (Wildman–Crippen MR) is 72.1 cm³/mol. The van der Waals surface area contributed by atoms with E-state index in [0.717, 1.165) is 28.0 Å². The van der Waals surface area contributed by atoms with Crippen molar-refractivity contribution in [1.82, 2.24) is 4.57 Å². The number of nitrogen functional groups attached to an aromatic ring is 2. The molecule has 4 N–H and O–H groups in total. The zero-order valence-electron chi connectivity index (χ0n) is 9.30. The maximum absolute atomic E-state index is 5.77. The van der Waals surface area contributed by atoms with Crippen LogP contribution in [0.2, 0.25) is 0 Å². The van der Waals surface area contributed by atoms with E-state index in [4.69, 9.17) is 11.5 Å². The summed E-state index contributed by atoms with van der Waals surface area (Å²) in [6, 6.07) is 15.8. The number of nitrogens with two attached hydrogens (primary N) is 2. The third-order valence-electron chi connectivity index (χ3n) is 2.89. The van der Waals surface area contributed by atoms with Crippen LogP contribution >= 0.6 is 0 Å². The molecule has 0 aliphatic heterocycles. The van der Waals surface area contributed by atoms with Crippen LogP contribution in [0.25, 0.3) is 16.6 Å². The molecule has 3 aromatic rings. The van der Waals surface area contributed by atoms with Gasteiger partial charge in [-0.25, -0.2) is 0 Å². The summed E-state index contributed by atoms with van der Waals surface area (Å²) < 4.78 is 2.12. The Morgan fingerprint density at radius 3 is 2.24 bits per heavy atom. The van der Waals surface area contributed by atoms with Gasteiger partial charge in [-0.1, -0.05) is 0 Å². The van der Waals surface area contributed by atoms with Crippen molar-refractivity contribution >= 4 is 22.3 Å². The van der Waals surface area contributed by atoms with Gasteiger partial charge in [0.15, 0.2) is 0 Å². The maximum Gasteiger partial charge on any atom is 0.0529 e. The second-order valence-electron chi connectivity index (χ2n) is 4.10. The summed E-state index contributed by atoms with van der Waals surface area (Å²) in [6.07, 6.45) is 2.04. The fourth-order valence-electron chi connectivity index (χ4n) is 2.02. The number of hydrogen-bond donors (Lipinski definition) is 2. The Hall–Kier alpha value is -2.42. The van der Waals surface area contributed by atoms with Crippen molar-refractivity contribution in [2.24, 2.45) is 0 Å². The van der Waals surface area contributed by atoms with Crippen molar-refractivity contribution in [3.05, 3.63) is 54.7 Å². The molecule has 1 heterocycles. The molecule has 2 aromatic carbocycles. The van der Waals surface area contributed by atoms with Crippen LogP contribution in [0.3, 0.4) is 0 Å². The molecule has 1 aromatic heterocycles. The van der Waals surface area contributed by atoms with Crippen molar-refractivity contribution < 1.29 is 0 Å². The Balaban J connectivity index is 2.21. The topological polar surface area (TPSA) is 57.0 Å². The lowest BCUT2D eigenvalue weighted by Crippen LogP contribution is -1.93. The van der Waals surface area contributed by atoms with Crippen molar-refractivity contribution in [2.45, 2.75) is 0 Å².